The van der Waals surface area contributed by atoms with E-state index < -0.39 is 52.1 Å². The standard InChI is InChI=1S/C28H24F6O2/c1-3-36-22-13-12-21(27(33)28(22)34)20-11-10-19(25(31)26(20)32)16-6-4-15(5-7-16)18-9-8-17(14(2)35)23(29)24(18)30/h6,8-15,35H,3-5,7H2,1-2H3. The van der Waals surface area contributed by atoms with Crippen LogP contribution in [0.3, 0.4) is 0 Å². The molecule has 1 N–H and O–H groups in total. The number of rotatable bonds is 6. The Bertz CT molecular complexity index is 1330. The Morgan fingerprint density at radius 3 is 2.03 bits per heavy atom. The first-order valence-electron chi connectivity index (χ1n) is 11.6. The van der Waals surface area contributed by atoms with Crippen LogP contribution in [0.1, 0.15) is 61.8 Å². The number of ether oxygens (including phenoxy) is 1. The smallest absolute Gasteiger partial charge is 0.201 e. The van der Waals surface area contributed by atoms with Crippen LogP contribution >= 0.6 is 0 Å². The minimum Gasteiger partial charge on any atom is -0.491 e. The molecule has 0 radical (unpaired) electrons. The number of aliphatic hydroxyl groups is 1. The summed E-state index contributed by atoms with van der Waals surface area (Å²) >= 11 is 0. The molecule has 0 saturated carbocycles. The van der Waals surface area contributed by atoms with Gasteiger partial charge in [0.15, 0.2) is 34.8 Å². The molecule has 0 aliphatic heterocycles. The molecule has 0 aromatic heterocycles. The van der Waals surface area contributed by atoms with Gasteiger partial charge in [-0.25, -0.2) is 22.0 Å². The average molecular weight is 506 g/mol. The highest BCUT2D eigenvalue weighted by molar-refractivity contribution is 5.73. The molecule has 8 heteroatoms. The molecule has 1 aliphatic carbocycles. The Balaban J connectivity index is 1.61. The zero-order chi connectivity index (χ0) is 26.1. The van der Waals surface area contributed by atoms with Crippen LogP contribution in [0.2, 0.25) is 0 Å². The third kappa shape index (κ3) is 4.62. The van der Waals surface area contributed by atoms with E-state index in [4.69, 9.17) is 4.74 Å². The van der Waals surface area contributed by atoms with Crippen molar-refractivity contribution < 1.29 is 36.2 Å². The van der Waals surface area contributed by atoms with Crippen molar-refractivity contribution in [2.75, 3.05) is 6.61 Å². The Morgan fingerprint density at radius 2 is 1.42 bits per heavy atom. The van der Waals surface area contributed by atoms with Crippen molar-refractivity contribution in [3.8, 4) is 16.9 Å². The molecule has 3 aromatic rings. The highest BCUT2D eigenvalue weighted by Crippen LogP contribution is 2.40. The van der Waals surface area contributed by atoms with Gasteiger partial charge in [-0.15, -0.1) is 0 Å². The largest absolute Gasteiger partial charge is 0.491 e. The first-order chi connectivity index (χ1) is 17.1. The van der Waals surface area contributed by atoms with E-state index in [0.717, 1.165) is 12.1 Å². The Hall–Kier alpha value is -3.26. The molecule has 36 heavy (non-hydrogen) atoms. The van der Waals surface area contributed by atoms with Crippen molar-refractivity contribution in [2.45, 2.75) is 45.1 Å². The quantitative estimate of drug-likeness (QED) is 0.344. The number of hydrogen-bond donors (Lipinski definition) is 1. The SMILES string of the molecule is CCOc1ccc(-c2ccc(C3=CCC(c4ccc(C(C)O)c(F)c4F)CC3)c(F)c2F)c(F)c1F. The van der Waals surface area contributed by atoms with E-state index in [9.17, 15) is 27.1 Å². The number of halogens is 6. The van der Waals surface area contributed by atoms with Gasteiger partial charge in [0, 0.05) is 22.3 Å². The zero-order valence-electron chi connectivity index (χ0n) is 19.6. The van der Waals surface area contributed by atoms with E-state index >= 15 is 4.39 Å². The maximum atomic E-state index is 15.0. The van der Waals surface area contributed by atoms with Crippen LogP contribution in [0.15, 0.2) is 42.5 Å². The maximum Gasteiger partial charge on any atom is 0.201 e. The third-order valence-corrected chi connectivity index (χ3v) is 6.51. The van der Waals surface area contributed by atoms with Crippen LogP contribution in [0, 0.1) is 34.9 Å². The number of aliphatic hydroxyl groups excluding tert-OH is 1. The molecule has 1 aliphatic rings. The first kappa shape index (κ1) is 25.8. The van der Waals surface area contributed by atoms with Crippen molar-refractivity contribution in [1.82, 2.24) is 0 Å². The van der Waals surface area contributed by atoms with Crippen molar-refractivity contribution in [3.63, 3.8) is 0 Å². The fourth-order valence-corrected chi connectivity index (χ4v) is 4.59. The van der Waals surface area contributed by atoms with Gasteiger partial charge >= 0.3 is 0 Å². The highest BCUT2D eigenvalue weighted by Gasteiger charge is 2.27. The normalized spacial score (nSPS) is 16.6. The molecule has 4 rings (SSSR count). The lowest BCUT2D eigenvalue weighted by Crippen LogP contribution is -2.10. The lowest BCUT2D eigenvalue weighted by Gasteiger charge is -2.24. The van der Waals surface area contributed by atoms with Crippen molar-refractivity contribution >= 4 is 5.57 Å². The van der Waals surface area contributed by atoms with Crippen molar-refractivity contribution in [2.24, 2.45) is 0 Å². The van der Waals surface area contributed by atoms with E-state index in [1.165, 1.54) is 31.2 Å². The van der Waals surface area contributed by atoms with Crippen LogP contribution in [-0.4, -0.2) is 11.7 Å². The molecular formula is C28H24F6O2. The summed E-state index contributed by atoms with van der Waals surface area (Å²) in [6.07, 6.45) is 1.38. The van der Waals surface area contributed by atoms with Crippen LogP contribution < -0.4 is 4.74 Å². The number of allylic oxidation sites excluding steroid dienone is 2. The summed E-state index contributed by atoms with van der Waals surface area (Å²) < 4.78 is 92.7. The molecule has 2 atom stereocenters. The molecule has 0 heterocycles. The predicted octanol–water partition coefficient (Wildman–Crippen LogP) is 7.99. The van der Waals surface area contributed by atoms with Gasteiger partial charge in [0.2, 0.25) is 5.82 Å². The molecule has 3 aromatic carbocycles. The lowest BCUT2D eigenvalue weighted by atomic mass is 9.81. The topological polar surface area (TPSA) is 29.5 Å². The molecule has 2 unspecified atom stereocenters. The van der Waals surface area contributed by atoms with Crippen LogP contribution in [-0.2, 0) is 0 Å². The van der Waals surface area contributed by atoms with E-state index in [-0.39, 0.29) is 47.8 Å². The van der Waals surface area contributed by atoms with Gasteiger partial charge in [0.25, 0.3) is 0 Å². The Morgan fingerprint density at radius 1 is 0.806 bits per heavy atom. The fourth-order valence-electron chi connectivity index (χ4n) is 4.59. The second-order valence-corrected chi connectivity index (χ2v) is 8.71. The van der Waals surface area contributed by atoms with E-state index in [1.807, 2.05) is 0 Å². The third-order valence-electron chi connectivity index (χ3n) is 6.51. The minimum absolute atomic E-state index is 0.0300. The van der Waals surface area contributed by atoms with Crippen LogP contribution in [0.4, 0.5) is 26.3 Å². The van der Waals surface area contributed by atoms with Gasteiger partial charge in [0.05, 0.1) is 12.7 Å². The number of hydrogen-bond acceptors (Lipinski definition) is 2. The molecule has 0 fully saturated rings. The highest BCUT2D eigenvalue weighted by atomic mass is 19.2. The monoisotopic (exact) mass is 506 g/mol. The van der Waals surface area contributed by atoms with Crippen molar-refractivity contribution in [3.05, 3.63) is 94.1 Å². The van der Waals surface area contributed by atoms with E-state index in [0.29, 0.717) is 12.0 Å². The van der Waals surface area contributed by atoms with Gasteiger partial charge in [-0.2, -0.15) is 4.39 Å². The predicted molar refractivity (Wildman–Crippen MR) is 124 cm³/mol. The van der Waals surface area contributed by atoms with Gasteiger partial charge in [-0.1, -0.05) is 30.3 Å². The summed E-state index contributed by atoms with van der Waals surface area (Å²) in [5, 5.41) is 9.57. The molecule has 0 saturated heterocycles. The van der Waals surface area contributed by atoms with Crippen LogP contribution in [0.25, 0.3) is 16.7 Å². The minimum atomic E-state index is -1.34. The second-order valence-electron chi connectivity index (χ2n) is 8.71. The van der Waals surface area contributed by atoms with Gasteiger partial charge in [-0.05, 0) is 62.3 Å². The molecule has 0 bridgehead atoms. The van der Waals surface area contributed by atoms with E-state index in [2.05, 4.69) is 0 Å². The number of benzene rings is 3. The summed E-state index contributed by atoms with van der Waals surface area (Å²) in [5.41, 5.74) is -0.394. The summed E-state index contributed by atoms with van der Waals surface area (Å²) in [7, 11) is 0. The van der Waals surface area contributed by atoms with Crippen molar-refractivity contribution in [1.29, 1.82) is 0 Å². The summed E-state index contributed by atoms with van der Waals surface area (Å²) in [4.78, 5) is 0. The first-order valence-corrected chi connectivity index (χ1v) is 11.6. The Kier molecular flexibility index (Phi) is 7.45. The fraction of sp³-hybridized carbons (Fsp3) is 0.286. The summed E-state index contributed by atoms with van der Waals surface area (Å²) in [5.74, 6) is -7.98. The molecule has 190 valence electrons. The zero-order valence-corrected chi connectivity index (χ0v) is 19.6. The molecule has 0 amide bonds. The van der Waals surface area contributed by atoms with Gasteiger partial charge in [0.1, 0.15) is 0 Å². The maximum absolute atomic E-state index is 15.0. The Labute approximate surface area is 204 Å². The lowest BCUT2D eigenvalue weighted by molar-refractivity contribution is 0.192. The van der Waals surface area contributed by atoms with Crippen LogP contribution in [0.5, 0.6) is 5.75 Å². The summed E-state index contributed by atoms with van der Waals surface area (Å²) in [6, 6.07) is 7.54. The molecule has 2 nitrogen and oxygen atoms in total. The second kappa shape index (κ2) is 10.4. The van der Waals surface area contributed by atoms with Gasteiger partial charge < -0.3 is 9.84 Å². The summed E-state index contributed by atoms with van der Waals surface area (Å²) in [6.45, 7) is 3.05. The molecular weight excluding hydrogens is 482 g/mol. The average Bonchev–Trinajstić information content (AvgIpc) is 2.86. The van der Waals surface area contributed by atoms with E-state index in [1.54, 1.807) is 13.0 Å². The van der Waals surface area contributed by atoms with Gasteiger partial charge in [-0.3, -0.25) is 0 Å². The molecule has 0 spiro atoms.